The van der Waals surface area contributed by atoms with Gasteiger partial charge in [-0.15, -0.1) is 0 Å². The highest BCUT2D eigenvalue weighted by molar-refractivity contribution is 6.36. The van der Waals surface area contributed by atoms with Crippen LogP contribution in [0.25, 0.3) is 0 Å². The zero-order chi connectivity index (χ0) is 13.1. The fourth-order valence-electron chi connectivity index (χ4n) is 1.41. The van der Waals surface area contributed by atoms with E-state index in [9.17, 15) is 5.11 Å². The minimum absolute atomic E-state index is 0.0440. The van der Waals surface area contributed by atoms with Gasteiger partial charge in [-0.1, -0.05) is 23.2 Å². The van der Waals surface area contributed by atoms with Crippen molar-refractivity contribution in [1.29, 1.82) is 0 Å². The predicted molar refractivity (Wildman–Crippen MR) is 74.4 cm³/mol. The number of benzene rings is 1. The number of aromatic hydroxyl groups is 1. The molecule has 0 aliphatic carbocycles. The molecule has 2 rings (SSSR count). The van der Waals surface area contributed by atoms with Crippen LogP contribution in [0.3, 0.4) is 0 Å². The number of hydrogen-bond donors (Lipinski definition) is 1. The molecule has 0 unspecified atom stereocenters. The largest absolute Gasteiger partial charge is 0.506 e. The van der Waals surface area contributed by atoms with Gasteiger partial charge in [-0.25, -0.2) is 9.98 Å². The van der Waals surface area contributed by atoms with E-state index in [0.29, 0.717) is 16.4 Å². The summed E-state index contributed by atoms with van der Waals surface area (Å²) < 4.78 is 0. The Bertz CT molecular complexity index is 612. The van der Waals surface area contributed by atoms with Crippen molar-refractivity contribution in [2.24, 2.45) is 4.99 Å². The Hall–Kier alpha value is -1.58. The number of pyridine rings is 1. The van der Waals surface area contributed by atoms with Gasteiger partial charge in [-0.05, 0) is 36.8 Å². The number of nitrogens with zero attached hydrogens (tertiary/aromatic N) is 2. The normalized spacial score (nSPS) is 11.1. The first-order valence-corrected chi connectivity index (χ1v) is 5.96. The summed E-state index contributed by atoms with van der Waals surface area (Å²) in [4.78, 5) is 8.25. The average molecular weight is 281 g/mol. The molecule has 0 saturated carbocycles. The maximum absolute atomic E-state index is 9.75. The first kappa shape index (κ1) is 12.9. The van der Waals surface area contributed by atoms with E-state index in [2.05, 4.69) is 9.98 Å². The van der Waals surface area contributed by atoms with Crippen molar-refractivity contribution in [3.05, 3.63) is 51.6 Å². The summed E-state index contributed by atoms with van der Waals surface area (Å²) in [6, 6.07) is 6.77. The molecule has 0 saturated heterocycles. The standard InChI is InChI=1S/C13H10Cl2N2O/c1-8-2-3-16-12(4-8)17-7-9-5-10(14)6-11(15)13(9)18/h2-7,18H,1H3. The molecule has 1 heterocycles. The molecule has 1 aromatic heterocycles. The number of aliphatic imine (C=N–C) groups is 1. The Morgan fingerprint density at radius 3 is 2.78 bits per heavy atom. The number of hydrogen-bond acceptors (Lipinski definition) is 3. The number of phenolic OH excluding ortho intramolecular Hbond substituents is 1. The molecule has 0 atom stereocenters. The lowest BCUT2D eigenvalue weighted by molar-refractivity contribution is 0.475. The quantitative estimate of drug-likeness (QED) is 0.840. The lowest BCUT2D eigenvalue weighted by Crippen LogP contribution is -1.85. The Morgan fingerprint density at radius 2 is 2.06 bits per heavy atom. The highest BCUT2D eigenvalue weighted by Crippen LogP contribution is 2.30. The van der Waals surface area contributed by atoms with E-state index in [1.807, 2.05) is 19.1 Å². The summed E-state index contributed by atoms with van der Waals surface area (Å²) in [6.45, 7) is 1.95. The summed E-state index contributed by atoms with van der Waals surface area (Å²) in [6.07, 6.45) is 3.15. The number of aromatic nitrogens is 1. The lowest BCUT2D eigenvalue weighted by Gasteiger charge is -2.02. The van der Waals surface area contributed by atoms with Crippen LogP contribution >= 0.6 is 23.2 Å². The van der Waals surface area contributed by atoms with Crippen LogP contribution in [0.1, 0.15) is 11.1 Å². The highest BCUT2D eigenvalue weighted by atomic mass is 35.5. The second-order valence-electron chi connectivity index (χ2n) is 3.78. The molecule has 5 heteroatoms. The topological polar surface area (TPSA) is 45.5 Å². The van der Waals surface area contributed by atoms with Crippen LogP contribution in [0.15, 0.2) is 35.5 Å². The van der Waals surface area contributed by atoms with Gasteiger partial charge in [0.1, 0.15) is 5.75 Å². The van der Waals surface area contributed by atoms with Crippen LogP contribution in [0.2, 0.25) is 10.0 Å². The molecule has 0 radical (unpaired) electrons. The summed E-state index contributed by atoms with van der Waals surface area (Å²) in [5.41, 5.74) is 1.52. The van der Waals surface area contributed by atoms with E-state index >= 15 is 0 Å². The Kier molecular flexibility index (Phi) is 3.84. The first-order valence-electron chi connectivity index (χ1n) is 5.21. The van der Waals surface area contributed by atoms with Crippen molar-refractivity contribution in [3.63, 3.8) is 0 Å². The van der Waals surface area contributed by atoms with E-state index in [4.69, 9.17) is 23.2 Å². The summed E-state index contributed by atoms with van der Waals surface area (Å²) in [5.74, 6) is 0.517. The first-order chi connectivity index (χ1) is 8.56. The second-order valence-corrected chi connectivity index (χ2v) is 4.62. The minimum atomic E-state index is -0.0440. The zero-order valence-electron chi connectivity index (χ0n) is 9.56. The van der Waals surface area contributed by atoms with Crippen molar-refractivity contribution in [3.8, 4) is 5.75 Å². The van der Waals surface area contributed by atoms with E-state index in [1.54, 1.807) is 12.3 Å². The van der Waals surface area contributed by atoms with Crippen LogP contribution in [0, 0.1) is 6.92 Å². The van der Waals surface area contributed by atoms with Gasteiger partial charge in [0.2, 0.25) is 0 Å². The van der Waals surface area contributed by atoms with E-state index in [-0.39, 0.29) is 10.8 Å². The molecule has 0 aliphatic heterocycles. The molecular formula is C13H10Cl2N2O. The fourth-order valence-corrected chi connectivity index (χ4v) is 1.92. The maximum atomic E-state index is 9.75. The Morgan fingerprint density at radius 1 is 1.28 bits per heavy atom. The van der Waals surface area contributed by atoms with E-state index in [0.717, 1.165) is 5.56 Å². The van der Waals surface area contributed by atoms with Crippen LogP contribution in [-0.2, 0) is 0 Å². The Labute approximate surface area is 115 Å². The van der Waals surface area contributed by atoms with Gasteiger partial charge in [0.05, 0.1) is 5.02 Å². The molecule has 1 N–H and O–H groups in total. The lowest BCUT2D eigenvalue weighted by atomic mass is 10.2. The summed E-state index contributed by atoms with van der Waals surface area (Å²) in [7, 11) is 0. The van der Waals surface area contributed by atoms with Gasteiger partial charge in [0.15, 0.2) is 5.82 Å². The molecule has 3 nitrogen and oxygen atoms in total. The Balaban J connectivity index is 2.34. The SMILES string of the molecule is Cc1ccnc(N=Cc2cc(Cl)cc(Cl)c2O)c1. The molecule has 0 bridgehead atoms. The fraction of sp³-hybridized carbons (Fsp3) is 0.0769. The third-order valence-electron chi connectivity index (χ3n) is 2.29. The van der Waals surface area contributed by atoms with Gasteiger partial charge in [-0.2, -0.15) is 0 Å². The predicted octanol–water partition coefficient (Wildman–Crippen LogP) is 4.15. The number of aryl methyl sites for hydroxylation is 1. The molecule has 2 aromatic rings. The maximum Gasteiger partial charge on any atom is 0.151 e. The molecule has 0 amide bonds. The van der Waals surface area contributed by atoms with Crippen LogP contribution in [-0.4, -0.2) is 16.3 Å². The molecule has 1 aromatic carbocycles. The molecule has 0 fully saturated rings. The molecular weight excluding hydrogens is 271 g/mol. The molecule has 18 heavy (non-hydrogen) atoms. The van der Waals surface area contributed by atoms with Gasteiger partial charge < -0.3 is 5.11 Å². The van der Waals surface area contributed by atoms with E-state index in [1.165, 1.54) is 12.3 Å². The van der Waals surface area contributed by atoms with Gasteiger partial charge in [0.25, 0.3) is 0 Å². The number of halogens is 2. The second kappa shape index (κ2) is 5.38. The molecule has 0 spiro atoms. The van der Waals surface area contributed by atoms with Crippen molar-refractivity contribution in [2.75, 3.05) is 0 Å². The van der Waals surface area contributed by atoms with Crippen molar-refractivity contribution in [1.82, 2.24) is 4.98 Å². The number of rotatable bonds is 2. The highest BCUT2D eigenvalue weighted by Gasteiger charge is 2.05. The van der Waals surface area contributed by atoms with Gasteiger partial charge in [-0.3, -0.25) is 0 Å². The van der Waals surface area contributed by atoms with Crippen molar-refractivity contribution >= 4 is 35.2 Å². The zero-order valence-corrected chi connectivity index (χ0v) is 11.1. The minimum Gasteiger partial charge on any atom is -0.506 e. The van der Waals surface area contributed by atoms with E-state index < -0.39 is 0 Å². The average Bonchev–Trinajstić information content (AvgIpc) is 2.32. The third-order valence-corrected chi connectivity index (χ3v) is 2.80. The summed E-state index contributed by atoms with van der Waals surface area (Å²) >= 11 is 11.7. The number of phenols is 1. The molecule has 0 aliphatic rings. The van der Waals surface area contributed by atoms with Gasteiger partial charge >= 0.3 is 0 Å². The van der Waals surface area contributed by atoms with Crippen LogP contribution in [0.5, 0.6) is 5.75 Å². The van der Waals surface area contributed by atoms with Crippen LogP contribution in [0.4, 0.5) is 5.82 Å². The molecule has 92 valence electrons. The van der Waals surface area contributed by atoms with Crippen LogP contribution < -0.4 is 0 Å². The van der Waals surface area contributed by atoms with Crippen molar-refractivity contribution in [2.45, 2.75) is 6.92 Å². The van der Waals surface area contributed by atoms with Gasteiger partial charge in [0, 0.05) is 23.0 Å². The third kappa shape index (κ3) is 3.00. The monoisotopic (exact) mass is 280 g/mol. The smallest absolute Gasteiger partial charge is 0.151 e. The van der Waals surface area contributed by atoms with Crippen molar-refractivity contribution < 1.29 is 5.11 Å². The summed E-state index contributed by atoms with van der Waals surface area (Å²) in [5, 5.41) is 10.4.